The van der Waals surface area contributed by atoms with Crippen LogP contribution in [-0.2, 0) is 75.6 Å². The monoisotopic (exact) mass is 2100 g/mol. The van der Waals surface area contributed by atoms with Crippen LogP contribution in [0, 0.1) is 0 Å². The molecule has 0 aliphatic rings. The maximum absolute atomic E-state index is 10.2. The van der Waals surface area contributed by atoms with E-state index in [0.717, 1.165) is 77.0 Å². The topological polar surface area (TPSA) is 296 Å². The second-order valence-electron chi connectivity index (χ2n) is 38.4. The molecule has 18 nitrogen and oxygen atoms in total. The number of unbranched alkanes of at least 4 members (excludes halogenated alkanes) is 90. The summed E-state index contributed by atoms with van der Waals surface area (Å²) in [5.74, 6) is 0. The molecule has 0 radical (unpaired) electrons. The van der Waals surface area contributed by atoms with Gasteiger partial charge in [-0.2, -0.15) is 0 Å². The molecular weight excluding hydrogens is 1870 g/mol. The minimum atomic E-state index is -2.95. The van der Waals surface area contributed by atoms with Crippen molar-refractivity contribution >= 4 is 49.5 Å². The zero-order valence-corrected chi connectivity index (χ0v) is 96.9. The Morgan fingerprint density at radius 3 is 0.218 bits per heavy atom. The van der Waals surface area contributed by atoms with Gasteiger partial charge in [0, 0.05) is 0 Å². The van der Waals surface area contributed by atoms with E-state index in [2.05, 4.69) is 68.7 Å². The van der Waals surface area contributed by atoms with Crippen molar-refractivity contribution in [3.63, 3.8) is 0 Å². The number of hydrogen-bond acceptors (Lipinski definition) is 18. The standard InChI is InChI=1S/6C18H39O3P.Mo/c6*1-2-3-4-5-6-7-8-9-10-11-12-13-14-15-16-17-18-21-22(19)20;/h6*22H,2-18H2,1H3,(H,19,20);/q;;;;;;+6/p-6. The summed E-state index contributed by atoms with van der Waals surface area (Å²) in [6, 6.07) is 0. The quantitative estimate of drug-likeness (QED) is 0.0310. The van der Waals surface area contributed by atoms with Gasteiger partial charge in [0.05, 0.1) is 39.6 Å². The molecule has 0 amide bonds. The van der Waals surface area contributed by atoms with Crippen LogP contribution in [0.1, 0.15) is 658 Å². The fourth-order valence-electron chi connectivity index (χ4n) is 16.8. The van der Waals surface area contributed by atoms with E-state index in [-0.39, 0.29) is 21.1 Å². The third kappa shape index (κ3) is 173. The van der Waals surface area contributed by atoms with Gasteiger partial charge in [0.25, 0.3) is 0 Å². The van der Waals surface area contributed by atoms with Gasteiger partial charge in [-0.15, -0.1) is 0 Å². The van der Waals surface area contributed by atoms with Crippen molar-refractivity contribution in [2.45, 2.75) is 658 Å². The van der Waals surface area contributed by atoms with Gasteiger partial charge < -0.3 is 83.9 Å². The molecule has 0 fully saturated rings. The molecule has 25 heteroatoms. The molecule has 0 aliphatic heterocycles. The Bertz CT molecular complexity index is 1790. The summed E-state index contributed by atoms with van der Waals surface area (Å²) in [5.41, 5.74) is 0. The summed E-state index contributed by atoms with van der Waals surface area (Å²) in [6.45, 7) is 15.9. The molecule has 133 heavy (non-hydrogen) atoms. The predicted molar refractivity (Wildman–Crippen MR) is 567 cm³/mol. The molecule has 6 atom stereocenters. The molecule has 6 unspecified atom stereocenters. The van der Waals surface area contributed by atoms with Crippen molar-refractivity contribution in [2.75, 3.05) is 39.6 Å². The largest absolute Gasteiger partial charge is 6.00 e. The third-order valence-corrected chi connectivity index (χ3v) is 27.9. The zero-order valence-electron chi connectivity index (χ0n) is 88.9. The van der Waals surface area contributed by atoms with Crippen LogP contribution in [0.4, 0.5) is 0 Å². The number of hydrogen-bond donors (Lipinski definition) is 0. The van der Waals surface area contributed by atoms with Gasteiger partial charge in [0.1, 0.15) is 49.5 Å². The Morgan fingerprint density at radius 1 is 0.113 bits per heavy atom. The minimum Gasteiger partial charge on any atom is -0.781 e. The van der Waals surface area contributed by atoms with Crippen molar-refractivity contribution in [1.29, 1.82) is 0 Å². The van der Waals surface area contributed by atoms with Gasteiger partial charge in [0.15, 0.2) is 0 Å². The summed E-state index contributed by atoms with van der Waals surface area (Å²) in [7, 11) is -17.7. The van der Waals surface area contributed by atoms with Gasteiger partial charge in [-0.1, -0.05) is 619 Å². The second kappa shape index (κ2) is 144. The molecule has 0 bridgehead atoms. The van der Waals surface area contributed by atoms with Gasteiger partial charge in [0.2, 0.25) is 0 Å². The summed E-state index contributed by atoms with van der Waals surface area (Å²) < 4.78 is 88.6. The first-order valence-electron chi connectivity index (χ1n) is 57.6. The minimum absolute atomic E-state index is 0. The molecule has 0 aromatic carbocycles. The summed E-state index contributed by atoms with van der Waals surface area (Å²) in [4.78, 5) is 61.3. The van der Waals surface area contributed by atoms with Gasteiger partial charge in [-0.25, -0.2) is 0 Å². The van der Waals surface area contributed by atoms with Crippen LogP contribution in [0.2, 0.25) is 0 Å². The predicted octanol–water partition coefficient (Wildman–Crippen LogP) is 36.1. The average Bonchev–Trinajstić information content (AvgIpc) is 1.10. The maximum Gasteiger partial charge on any atom is 6.00 e. The van der Waals surface area contributed by atoms with E-state index in [1.807, 2.05) is 0 Å². The maximum atomic E-state index is 10.2. The smallest absolute Gasteiger partial charge is 0.781 e. The van der Waals surface area contributed by atoms with Crippen molar-refractivity contribution in [1.82, 2.24) is 0 Å². The van der Waals surface area contributed by atoms with Crippen LogP contribution < -0.4 is 29.4 Å². The molecule has 0 aromatic rings. The molecule has 0 saturated carbocycles. The van der Waals surface area contributed by atoms with E-state index in [1.165, 1.54) is 539 Å². The second-order valence-corrected chi connectivity index (χ2v) is 43.1. The molecule has 0 aromatic heterocycles. The van der Waals surface area contributed by atoms with Crippen LogP contribution in [0.3, 0.4) is 0 Å². The van der Waals surface area contributed by atoms with Gasteiger partial charge in [-0.3, -0.25) is 0 Å². The SMILES string of the molecule is CCCCCCCCCCCCCCCCCCO[PH](=O)[O-].CCCCCCCCCCCCCCCCCCO[PH](=O)[O-].CCCCCCCCCCCCCCCCCCO[PH](=O)[O-].CCCCCCCCCCCCCCCCCCO[PH](=O)[O-].CCCCCCCCCCCCCCCCCCO[PH](=O)[O-].CCCCCCCCCCCCCCCCCCO[PH](=O)[O-].[Mo+6]. The molecule has 0 aliphatic carbocycles. The number of rotatable bonds is 108. The Kier molecular flexibility index (Phi) is 160. The van der Waals surface area contributed by atoms with Crippen molar-refractivity contribution < 1.29 is 105 Å². The van der Waals surface area contributed by atoms with Crippen LogP contribution in [0.25, 0.3) is 0 Å². The molecule has 0 N–H and O–H groups in total. The normalized spacial score (nSPS) is 12.5. The van der Waals surface area contributed by atoms with E-state index in [1.54, 1.807) is 0 Å². The Labute approximate surface area is 846 Å². The zero-order chi connectivity index (χ0) is 97.8. The van der Waals surface area contributed by atoms with Crippen LogP contribution in [-0.4, -0.2) is 39.6 Å². The van der Waals surface area contributed by atoms with Crippen molar-refractivity contribution in [3.05, 3.63) is 0 Å². The van der Waals surface area contributed by atoms with Crippen LogP contribution in [0.5, 0.6) is 0 Å². The van der Waals surface area contributed by atoms with Crippen LogP contribution >= 0.6 is 49.5 Å². The first-order chi connectivity index (χ1) is 64.6. The summed E-state index contributed by atoms with van der Waals surface area (Å²) in [6.07, 6.45) is 128. The van der Waals surface area contributed by atoms with Crippen molar-refractivity contribution in [3.8, 4) is 0 Å². The molecule has 0 heterocycles. The van der Waals surface area contributed by atoms with E-state index in [4.69, 9.17) is 0 Å². The Balaban J connectivity index is -0.000000286. The summed E-state index contributed by atoms with van der Waals surface area (Å²) >= 11 is 0. The van der Waals surface area contributed by atoms with E-state index in [0.29, 0.717) is 39.6 Å². The Hall–Kier alpha value is 1.59. The van der Waals surface area contributed by atoms with Gasteiger partial charge >= 0.3 is 21.1 Å². The molecule has 804 valence electrons. The third-order valence-electron chi connectivity index (χ3n) is 25.3. The molecular formula is C108H228MoO18P6. The average molecular weight is 2100 g/mol. The van der Waals surface area contributed by atoms with E-state index >= 15 is 0 Å². The molecule has 0 saturated heterocycles. The molecule has 0 rings (SSSR count). The van der Waals surface area contributed by atoms with E-state index in [9.17, 15) is 56.8 Å². The fraction of sp³-hybridized carbons (Fsp3) is 1.00. The first-order valence-corrected chi connectivity index (χ1v) is 65.0. The fourth-order valence-corrected chi connectivity index (χ4v) is 18.7. The Morgan fingerprint density at radius 2 is 0.165 bits per heavy atom. The van der Waals surface area contributed by atoms with Crippen molar-refractivity contribution in [2.24, 2.45) is 0 Å². The van der Waals surface area contributed by atoms with Crippen LogP contribution in [0.15, 0.2) is 0 Å². The van der Waals surface area contributed by atoms with E-state index < -0.39 is 49.5 Å². The summed E-state index contributed by atoms with van der Waals surface area (Å²) in [5, 5.41) is 0. The first kappa shape index (κ1) is 148. The molecule has 0 spiro atoms. The van der Waals surface area contributed by atoms with Gasteiger partial charge in [-0.05, 0) is 38.5 Å².